The van der Waals surface area contributed by atoms with Crippen LogP contribution in [-0.4, -0.2) is 23.5 Å². The average Bonchev–Trinajstić information content (AvgIpc) is 2.86. The van der Waals surface area contributed by atoms with Crippen molar-refractivity contribution in [2.45, 2.75) is 26.2 Å². The van der Waals surface area contributed by atoms with E-state index >= 15 is 0 Å². The molecule has 0 atom stereocenters. The van der Waals surface area contributed by atoms with Gasteiger partial charge in [0.1, 0.15) is 12.2 Å². The van der Waals surface area contributed by atoms with Crippen LogP contribution in [0.5, 0.6) is 0 Å². The third-order valence-corrected chi connectivity index (χ3v) is 3.93. The summed E-state index contributed by atoms with van der Waals surface area (Å²) in [4.78, 5) is 25.6. The minimum atomic E-state index is -1.01. The van der Waals surface area contributed by atoms with Crippen molar-refractivity contribution < 1.29 is 19.1 Å². The molecule has 1 amide bonds. The van der Waals surface area contributed by atoms with Gasteiger partial charge in [0.15, 0.2) is 0 Å². The number of carbonyl (C=O) groups excluding carboxylic acids is 1. The number of amides is 1. The molecule has 1 N–H and O–H groups in total. The smallest absolute Gasteiger partial charge is 0.311 e. The SMILES string of the molecule is Cc1coc(CC(=O)O)c1C(=O)N1CCCc2ccccc21. The zero-order valence-corrected chi connectivity index (χ0v) is 12.3. The average molecular weight is 299 g/mol. The molecule has 1 aliphatic heterocycles. The van der Waals surface area contributed by atoms with E-state index in [2.05, 4.69) is 0 Å². The van der Waals surface area contributed by atoms with Crippen LogP contribution in [0.1, 0.15) is 33.7 Å². The Labute approximate surface area is 128 Å². The fraction of sp³-hybridized carbons (Fsp3) is 0.294. The van der Waals surface area contributed by atoms with Crippen molar-refractivity contribution in [2.75, 3.05) is 11.4 Å². The normalized spacial score (nSPS) is 13.8. The fourth-order valence-corrected chi connectivity index (χ4v) is 2.93. The van der Waals surface area contributed by atoms with Gasteiger partial charge in [-0.25, -0.2) is 0 Å². The first-order valence-electron chi connectivity index (χ1n) is 7.26. The molecule has 22 heavy (non-hydrogen) atoms. The first-order chi connectivity index (χ1) is 10.6. The topological polar surface area (TPSA) is 70.7 Å². The van der Waals surface area contributed by atoms with E-state index in [0.29, 0.717) is 17.7 Å². The molecule has 2 heterocycles. The van der Waals surface area contributed by atoms with Crippen LogP contribution in [0, 0.1) is 6.92 Å². The molecular weight excluding hydrogens is 282 g/mol. The van der Waals surface area contributed by atoms with Gasteiger partial charge in [0.2, 0.25) is 0 Å². The lowest BCUT2D eigenvalue weighted by molar-refractivity contribution is -0.136. The fourth-order valence-electron chi connectivity index (χ4n) is 2.93. The first kappa shape index (κ1) is 14.4. The molecule has 0 saturated carbocycles. The molecule has 0 unspecified atom stereocenters. The Morgan fingerprint density at radius 3 is 2.86 bits per heavy atom. The van der Waals surface area contributed by atoms with Crippen LogP contribution in [0.3, 0.4) is 0 Å². The molecule has 2 aromatic rings. The van der Waals surface area contributed by atoms with Crippen LogP contribution in [0.4, 0.5) is 5.69 Å². The minimum Gasteiger partial charge on any atom is -0.481 e. The van der Waals surface area contributed by atoms with E-state index in [1.54, 1.807) is 11.8 Å². The van der Waals surface area contributed by atoms with E-state index in [4.69, 9.17) is 9.52 Å². The van der Waals surface area contributed by atoms with Crippen molar-refractivity contribution in [3.05, 3.63) is 53.0 Å². The lowest BCUT2D eigenvalue weighted by Gasteiger charge is -2.29. The molecule has 5 nitrogen and oxygen atoms in total. The predicted molar refractivity (Wildman–Crippen MR) is 81.2 cm³/mol. The lowest BCUT2D eigenvalue weighted by atomic mass is 10.00. The van der Waals surface area contributed by atoms with Crippen molar-refractivity contribution in [3.63, 3.8) is 0 Å². The molecule has 3 rings (SSSR count). The summed E-state index contributed by atoms with van der Waals surface area (Å²) in [6, 6.07) is 7.82. The van der Waals surface area contributed by atoms with E-state index < -0.39 is 5.97 Å². The van der Waals surface area contributed by atoms with Crippen LogP contribution in [0.25, 0.3) is 0 Å². The zero-order valence-electron chi connectivity index (χ0n) is 12.3. The molecule has 0 aliphatic carbocycles. The number of hydrogen-bond donors (Lipinski definition) is 1. The van der Waals surface area contributed by atoms with Gasteiger partial charge in [-0.05, 0) is 31.4 Å². The van der Waals surface area contributed by atoms with Gasteiger partial charge in [-0.2, -0.15) is 0 Å². The standard InChI is InChI=1S/C17H17NO4/c1-11-10-22-14(9-15(19)20)16(11)17(21)18-8-4-6-12-5-2-3-7-13(12)18/h2-3,5,7,10H,4,6,8-9H2,1H3,(H,19,20). The van der Waals surface area contributed by atoms with Gasteiger partial charge in [-0.15, -0.1) is 0 Å². The largest absolute Gasteiger partial charge is 0.481 e. The molecule has 0 bridgehead atoms. The van der Waals surface area contributed by atoms with Crippen molar-refractivity contribution >= 4 is 17.6 Å². The summed E-state index contributed by atoms with van der Waals surface area (Å²) in [5.74, 6) is -0.977. The summed E-state index contributed by atoms with van der Waals surface area (Å²) < 4.78 is 5.28. The number of para-hydroxylation sites is 1. The Bertz CT molecular complexity index is 732. The highest BCUT2D eigenvalue weighted by Gasteiger charge is 2.28. The minimum absolute atomic E-state index is 0.186. The Morgan fingerprint density at radius 1 is 1.32 bits per heavy atom. The van der Waals surface area contributed by atoms with Gasteiger partial charge in [0.25, 0.3) is 5.91 Å². The number of benzene rings is 1. The Morgan fingerprint density at radius 2 is 2.09 bits per heavy atom. The molecule has 1 aliphatic rings. The van der Waals surface area contributed by atoms with Gasteiger partial charge >= 0.3 is 5.97 Å². The van der Waals surface area contributed by atoms with E-state index in [9.17, 15) is 9.59 Å². The van der Waals surface area contributed by atoms with Gasteiger partial charge in [0.05, 0.1) is 11.8 Å². The van der Waals surface area contributed by atoms with Crippen LogP contribution in [-0.2, 0) is 17.6 Å². The number of carboxylic acid groups (broad SMARTS) is 1. The second kappa shape index (κ2) is 5.67. The molecule has 0 fully saturated rings. The maximum absolute atomic E-state index is 12.9. The maximum atomic E-state index is 12.9. The summed E-state index contributed by atoms with van der Waals surface area (Å²) in [5.41, 5.74) is 3.09. The number of aryl methyl sites for hydroxylation is 2. The van der Waals surface area contributed by atoms with E-state index in [0.717, 1.165) is 24.1 Å². The van der Waals surface area contributed by atoms with Crippen LogP contribution >= 0.6 is 0 Å². The van der Waals surface area contributed by atoms with Gasteiger partial charge in [-0.3, -0.25) is 9.59 Å². The number of rotatable bonds is 3. The number of hydrogen-bond acceptors (Lipinski definition) is 3. The highest BCUT2D eigenvalue weighted by atomic mass is 16.4. The quantitative estimate of drug-likeness (QED) is 0.946. The number of anilines is 1. The van der Waals surface area contributed by atoms with Crippen molar-refractivity contribution in [1.82, 2.24) is 0 Å². The summed E-state index contributed by atoms with van der Waals surface area (Å²) in [6.07, 6.45) is 3.01. The number of nitrogens with zero attached hydrogens (tertiary/aromatic N) is 1. The molecule has 0 saturated heterocycles. The lowest BCUT2D eigenvalue weighted by Crippen LogP contribution is -2.36. The van der Waals surface area contributed by atoms with Crippen molar-refractivity contribution in [1.29, 1.82) is 0 Å². The monoisotopic (exact) mass is 299 g/mol. The third kappa shape index (κ3) is 2.50. The second-order valence-electron chi connectivity index (χ2n) is 5.48. The van der Waals surface area contributed by atoms with E-state index in [-0.39, 0.29) is 18.1 Å². The summed E-state index contributed by atoms with van der Waals surface area (Å²) >= 11 is 0. The van der Waals surface area contributed by atoms with Crippen molar-refractivity contribution in [2.24, 2.45) is 0 Å². The van der Waals surface area contributed by atoms with E-state index in [1.807, 2.05) is 24.3 Å². The van der Waals surface area contributed by atoms with Crippen LogP contribution in [0.2, 0.25) is 0 Å². The third-order valence-electron chi connectivity index (χ3n) is 3.93. The first-order valence-corrected chi connectivity index (χ1v) is 7.26. The number of fused-ring (bicyclic) bond motifs is 1. The Kier molecular flexibility index (Phi) is 3.71. The van der Waals surface area contributed by atoms with Crippen molar-refractivity contribution in [3.8, 4) is 0 Å². The molecule has 1 aromatic heterocycles. The number of carboxylic acids is 1. The van der Waals surface area contributed by atoms with Crippen LogP contribution < -0.4 is 4.90 Å². The number of furan rings is 1. The summed E-state index contributed by atoms with van der Waals surface area (Å²) in [7, 11) is 0. The maximum Gasteiger partial charge on any atom is 0.311 e. The predicted octanol–water partition coefficient (Wildman–Crippen LogP) is 2.81. The van der Waals surface area contributed by atoms with Gasteiger partial charge in [-0.1, -0.05) is 18.2 Å². The molecule has 0 spiro atoms. The van der Waals surface area contributed by atoms with Crippen LogP contribution in [0.15, 0.2) is 34.9 Å². The highest BCUT2D eigenvalue weighted by Crippen LogP contribution is 2.30. The highest BCUT2D eigenvalue weighted by molar-refractivity contribution is 6.08. The summed E-state index contributed by atoms with van der Waals surface area (Å²) in [6.45, 7) is 2.39. The molecule has 1 aromatic carbocycles. The zero-order chi connectivity index (χ0) is 15.7. The molecule has 5 heteroatoms. The Balaban J connectivity index is 1.99. The summed E-state index contributed by atoms with van der Waals surface area (Å²) in [5, 5.41) is 8.97. The second-order valence-corrected chi connectivity index (χ2v) is 5.48. The molecular formula is C17H17NO4. The molecule has 0 radical (unpaired) electrons. The number of aliphatic carboxylic acids is 1. The Hall–Kier alpha value is -2.56. The van der Waals surface area contributed by atoms with E-state index in [1.165, 1.54) is 6.26 Å². The van der Waals surface area contributed by atoms with Gasteiger partial charge < -0.3 is 14.4 Å². The number of carbonyl (C=O) groups is 2. The molecule has 114 valence electrons. The van der Waals surface area contributed by atoms with Gasteiger partial charge in [0, 0.05) is 17.8 Å².